The summed E-state index contributed by atoms with van der Waals surface area (Å²) in [5, 5.41) is 2.44. The number of methoxy groups -OCH3 is 2. The van der Waals surface area contributed by atoms with Gasteiger partial charge in [0.2, 0.25) is 11.8 Å². The van der Waals surface area contributed by atoms with Gasteiger partial charge in [-0.15, -0.1) is 0 Å². The lowest BCUT2D eigenvalue weighted by atomic mass is 9.86. The highest BCUT2D eigenvalue weighted by Crippen LogP contribution is 2.31. The standard InChI is InChI=1S/C22H32N2O4/c1-27-21(28-2)4-3-13-24-14-11-17(12-15-24)16-5-7-18(8-6-16)19-9-10-20(25)23-22(19)26/h5-8,17,19,21H,3-4,9-15H2,1-2H3,(H,23,25,26). The SMILES string of the molecule is COC(CCCN1CCC(c2ccc(C3CCC(=O)NC3=O)cc2)CC1)OC. The van der Waals surface area contributed by atoms with Gasteiger partial charge < -0.3 is 14.4 Å². The lowest BCUT2D eigenvalue weighted by Crippen LogP contribution is -2.39. The van der Waals surface area contributed by atoms with Crippen molar-refractivity contribution in [2.75, 3.05) is 33.9 Å². The summed E-state index contributed by atoms with van der Waals surface area (Å²) in [5.41, 5.74) is 2.37. The van der Waals surface area contributed by atoms with E-state index in [1.807, 2.05) is 0 Å². The van der Waals surface area contributed by atoms with Gasteiger partial charge >= 0.3 is 0 Å². The monoisotopic (exact) mass is 388 g/mol. The average molecular weight is 389 g/mol. The molecule has 1 atom stereocenters. The lowest BCUT2D eigenvalue weighted by molar-refractivity contribution is -0.134. The molecule has 1 aromatic rings. The molecule has 2 fully saturated rings. The number of amides is 2. The van der Waals surface area contributed by atoms with E-state index in [-0.39, 0.29) is 24.0 Å². The van der Waals surface area contributed by atoms with Gasteiger partial charge in [0, 0.05) is 20.6 Å². The maximum absolute atomic E-state index is 12.0. The molecule has 3 rings (SSSR count). The Hall–Kier alpha value is -1.76. The number of piperidine rings is 2. The van der Waals surface area contributed by atoms with Gasteiger partial charge in [0.05, 0.1) is 5.92 Å². The van der Waals surface area contributed by atoms with Crippen LogP contribution in [0.25, 0.3) is 0 Å². The summed E-state index contributed by atoms with van der Waals surface area (Å²) < 4.78 is 10.5. The maximum Gasteiger partial charge on any atom is 0.234 e. The van der Waals surface area contributed by atoms with Gasteiger partial charge in [-0.25, -0.2) is 0 Å². The topological polar surface area (TPSA) is 67.9 Å². The van der Waals surface area contributed by atoms with Crippen molar-refractivity contribution in [1.82, 2.24) is 10.2 Å². The molecule has 2 amide bonds. The minimum atomic E-state index is -0.198. The molecule has 0 bridgehead atoms. The van der Waals surface area contributed by atoms with Crippen molar-refractivity contribution in [2.45, 2.75) is 56.7 Å². The van der Waals surface area contributed by atoms with Crippen molar-refractivity contribution in [3.8, 4) is 0 Å². The minimum absolute atomic E-state index is 0.0968. The van der Waals surface area contributed by atoms with Crippen LogP contribution < -0.4 is 5.32 Å². The summed E-state index contributed by atoms with van der Waals surface area (Å²) in [4.78, 5) is 25.9. The van der Waals surface area contributed by atoms with E-state index >= 15 is 0 Å². The van der Waals surface area contributed by atoms with Crippen LogP contribution in [-0.2, 0) is 19.1 Å². The number of imide groups is 1. The molecule has 6 nitrogen and oxygen atoms in total. The Labute approximate surface area is 167 Å². The van der Waals surface area contributed by atoms with Crippen LogP contribution in [-0.4, -0.2) is 56.9 Å². The normalized spacial score (nSPS) is 21.9. The van der Waals surface area contributed by atoms with Crippen LogP contribution in [0.1, 0.15) is 61.5 Å². The van der Waals surface area contributed by atoms with E-state index in [9.17, 15) is 9.59 Å². The molecule has 1 unspecified atom stereocenters. The largest absolute Gasteiger partial charge is 0.356 e. The molecule has 0 aliphatic carbocycles. The molecule has 2 heterocycles. The van der Waals surface area contributed by atoms with Crippen molar-refractivity contribution in [1.29, 1.82) is 0 Å². The number of ether oxygens (including phenoxy) is 2. The number of likely N-dealkylation sites (tertiary alicyclic amines) is 1. The molecule has 28 heavy (non-hydrogen) atoms. The van der Waals surface area contributed by atoms with Gasteiger partial charge in [0.15, 0.2) is 6.29 Å². The summed E-state index contributed by atoms with van der Waals surface area (Å²) in [7, 11) is 3.37. The second kappa shape index (κ2) is 10.1. The molecule has 154 valence electrons. The zero-order valence-corrected chi connectivity index (χ0v) is 17.0. The third kappa shape index (κ3) is 5.40. The minimum Gasteiger partial charge on any atom is -0.356 e. The summed E-state index contributed by atoms with van der Waals surface area (Å²) in [6, 6.07) is 8.47. The Kier molecular flexibility index (Phi) is 7.59. The number of benzene rings is 1. The summed E-state index contributed by atoms with van der Waals surface area (Å²) in [6.45, 7) is 3.32. The highest BCUT2D eigenvalue weighted by Gasteiger charge is 2.28. The highest BCUT2D eigenvalue weighted by molar-refractivity contribution is 6.00. The number of hydrogen-bond acceptors (Lipinski definition) is 5. The van der Waals surface area contributed by atoms with Crippen molar-refractivity contribution in [2.24, 2.45) is 0 Å². The van der Waals surface area contributed by atoms with Gasteiger partial charge in [0.25, 0.3) is 0 Å². The smallest absolute Gasteiger partial charge is 0.234 e. The molecule has 2 saturated heterocycles. The molecule has 2 aliphatic heterocycles. The van der Waals surface area contributed by atoms with Crippen LogP contribution in [0.2, 0.25) is 0 Å². The predicted molar refractivity (Wildman–Crippen MR) is 107 cm³/mol. The Balaban J connectivity index is 1.46. The summed E-state index contributed by atoms with van der Waals surface area (Å²) in [5.74, 6) is 0.0560. The fourth-order valence-corrected chi connectivity index (χ4v) is 4.32. The molecule has 0 aromatic heterocycles. The first-order valence-electron chi connectivity index (χ1n) is 10.3. The van der Waals surface area contributed by atoms with E-state index in [0.717, 1.165) is 50.9 Å². The molecule has 2 aliphatic rings. The van der Waals surface area contributed by atoms with Crippen molar-refractivity contribution in [3.05, 3.63) is 35.4 Å². The maximum atomic E-state index is 12.0. The van der Waals surface area contributed by atoms with E-state index < -0.39 is 0 Å². The van der Waals surface area contributed by atoms with Crippen molar-refractivity contribution in [3.63, 3.8) is 0 Å². The first-order valence-corrected chi connectivity index (χ1v) is 10.3. The molecule has 1 N–H and O–H groups in total. The summed E-state index contributed by atoms with van der Waals surface area (Å²) in [6.07, 6.45) is 5.26. The first kappa shape index (κ1) is 21.0. The fraction of sp³-hybridized carbons (Fsp3) is 0.636. The van der Waals surface area contributed by atoms with Crippen LogP contribution >= 0.6 is 0 Å². The van der Waals surface area contributed by atoms with E-state index in [1.165, 1.54) is 5.56 Å². The van der Waals surface area contributed by atoms with Crippen molar-refractivity contribution < 1.29 is 19.1 Å². The third-order valence-electron chi connectivity index (χ3n) is 6.08. The number of carbonyl (C=O) groups excluding carboxylic acids is 2. The van der Waals surface area contributed by atoms with Gasteiger partial charge in [0.1, 0.15) is 0 Å². The Bertz CT molecular complexity index is 649. The zero-order chi connectivity index (χ0) is 19.9. The van der Waals surface area contributed by atoms with E-state index in [4.69, 9.17) is 9.47 Å². The Morgan fingerprint density at radius 3 is 2.29 bits per heavy atom. The van der Waals surface area contributed by atoms with Crippen LogP contribution in [0.4, 0.5) is 0 Å². The third-order valence-corrected chi connectivity index (χ3v) is 6.08. The molecule has 0 spiro atoms. The predicted octanol–water partition coefficient (Wildman–Crippen LogP) is 2.79. The number of hydrogen-bond donors (Lipinski definition) is 1. The van der Waals surface area contributed by atoms with Crippen molar-refractivity contribution >= 4 is 11.8 Å². The van der Waals surface area contributed by atoms with E-state index in [0.29, 0.717) is 18.8 Å². The van der Waals surface area contributed by atoms with E-state index in [1.54, 1.807) is 14.2 Å². The number of rotatable bonds is 8. The van der Waals surface area contributed by atoms with Gasteiger partial charge in [-0.05, 0) is 68.8 Å². The first-order chi connectivity index (χ1) is 13.6. The number of nitrogens with zero attached hydrogens (tertiary/aromatic N) is 1. The molecular formula is C22H32N2O4. The van der Waals surface area contributed by atoms with Crippen LogP contribution in [0, 0.1) is 0 Å². The second-order valence-corrected chi connectivity index (χ2v) is 7.83. The molecule has 6 heteroatoms. The Morgan fingerprint density at radius 1 is 1.04 bits per heavy atom. The average Bonchev–Trinajstić information content (AvgIpc) is 2.72. The van der Waals surface area contributed by atoms with E-state index in [2.05, 4.69) is 34.5 Å². The molecule has 1 aromatic carbocycles. The van der Waals surface area contributed by atoms with Gasteiger partial charge in [-0.2, -0.15) is 0 Å². The lowest BCUT2D eigenvalue weighted by Gasteiger charge is -2.32. The Morgan fingerprint density at radius 2 is 1.68 bits per heavy atom. The second-order valence-electron chi connectivity index (χ2n) is 7.83. The zero-order valence-electron chi connectivity index (χ0n) is 17.0. The molecular weight excluding hydrogens is 356 g/mol. The molecule has 0 saturated carbocycles. The van der Waals surface area contributed by atoms with Crippen LogP contribution in [0.3, 0.4) is 0 Å². The fourth-order valence-electron chi connectivity index (χ4n) is 4.32. The number of carbonyl (C=O) groups is 2. The van der Waals surface area contributed by atoms with Gasteiger partial charge in [-0.3, -0.25) is 14.9 Å². The van der Waals surface area contributed by atoms with Crippen LogP contribution in [0.15, 0.2) is 24.3 Å². The van der Waals surface area contributed by atoms with Gasteiger partial charge in [-0.1, -0.05) is 24.3 Å². The highest BCUT2D eigenvalue weighted by atomic mass is 16.7. The number of nitrogens with one attached hydrogen (secondary N) is 1. The molecule has 0 radical (unpaired) electrons. The summed E-state index contributed by atoms with van der Waals surface area (Å²) >= 11 is 0. The quantitative estimate of drug-likeness (QED) is 0.548. The van der Waals surface area contributed by atoms with Crippen LogP contribution in [0.5, 0.6) is 0 Å².